The van der Waals surface area contributed by atoms with E-state index in [9.17, 15) is 4.79 Å². The van der Waals surface area contributed by atoms with Crippen LogP contribution in [0.1, 0.15) is 6.42 Å². The maximum Gasteiger partial charge on any atom is 0.319 e. The van der Waals surface area contributed by atoms with Crippen LogP contribution in [-0.4, -0.2) is 32.7 Å². The topological polar surface area (TPSA) is 83.0 Å². The van der Waals surface area contributed by atoms with E-state index in [2.05, 4.69) is 10.2 Å². The zero-order valence-electron chi connectivity index (χ0n) is 10.3. The van der Waals surface area contributed by atoms with Gasteiger partial charge in [-0.05, 0) is 12.1 Å². The minimum atomic E-state index is -0.270. The number of benzene rings is 1. The molecule has 1 aliphatic heterocycles. The second-order valence-corrected chi connectivity index (χ2v) is 5.86. The highest BCUT2D eigenvalue weighted by atomic mass is 35.5. The summed E-state index contributed by atoms with van der Waals surface area (Å²) in [7, 11) is 0. The van der Waals surface area contributed by atoms with Crippen LogP contribution in [0.4, 0.5) is 0 Å². The van der Waals surface area contributed by atoms with Crippen molar-refractivity contribution in [2.75, 3.05) is 12.4 Å². The zero-order valence-corrected chi connectivity index (χ0v) is 11.9. The zero-order chi connectivity index (χ0) is 14.1. The van der Waals surface area contributed by atoms with Gasteiger partial charge in [0.2, 0.25) is 5.16 Å². The number of halogens is 1. The van der Waals surface area contributed by atoms with Gasteiger partial charge < -0.3 is 10.6 Å². The molecule has 0 bridgehead atoms. The smallest absolute Gasteiger partial charge is 0.319 e. The SMILES string of the molecule is Nn1c(S[C@H]2CCOC2=O)nnc1-c1cccc(Cl)c1. The highest BCUT2D eigenvalue weighted by Gasteiger charge is 2.29. The standard InChI is InChI=1S/C12H11ClN4O2S/c13-8-3-1-2-7(6-8)10-15-16-12(17(10)14)20-9-4-5-19-11(9)18/h1-3,6,9H,4-5,14H2/t9-/m0/s1. The number of thioether (sulfide) groups is 1. The summed E-state index contributed by atoms with van der Waals surface area (Å²) in [5.41, 5.74) is 0.772. The molecule has 0 amide bonds. The third-order valence-electron chi connectivity index (χ3n) is 2.88. The summed E-state index contributed by atoms with van der Waals surface area (Å²) in [6.45, 7) is 0.441. The monoisotopic (exact) mass is 310 g/mol. The molecule has 0 unspecified atom stereocenters. The van der Waals surface area contributed by atoms with E-state index < -0.39 is 0 Å². The number of esters is 1. The van der Waals surface area contributed by atoms with Gasteiger partial charge in [-0.1, -0.05) is 35.5 Å². The van der Waals surface area contributed by atoms with Gasteiger partial charge in [-0.2, -0.15) is 0 Å². The third-order valence-corrected chi connectivity index (χ3v) is 4.32. The Morgan fingerprint density at radius 2 is 2.30 bits per heavy atom. The van der Waals surface area contributed by atoms with Crippen molar-refractivity contribution in [2.45, 2.75) is 16.8 Å². The van der Waals surface area contributed by atoms with E-state index in [0.29, 0.717) is 29.0 Å². The number of ether oxygens (including phenoxy) is 1. The molecule has 8 heteroatoms. The molecular formula is C12H11ClN4O2S. The van der Waals surface area contributed by atoms with Crippen molar-refractivity contribution >= 4 is 29.3 Å². The molecule has 6 nitrogen and oxygen atoms in total. The molecule has 2 heterocycles. The number of carbonyl (C=O) groups is 1. The minimum Gasteiger partial charge on any atom is -0.465 e. The Balaban J connectivity index is 1.87. The number of rotatable bonds is 3. The van der Waals surface area contributed by atoms with Gasteiger partial charge in [0, 0.05) is 17.0 Å². The second-order valence-electron chi connectivity index (χ2n) is 4.25. The molecular weight excluding hydrogens is 300 g/mol. The molecule has 104 valence electrons. The average Bonchev–Trinajstić information content (AvgIpc) is 2.98. The van der Waals surface area contributed by atoms with Crippen LogP contribution in [0.25, 0.3) is 11.4 Å². The number of nitrogen functional groups attached to an aromatic ring is 1. The predicted molar refractivity (Wildman–Crippen MR) is 75.8 cm³/mol. The molecule has 1 atom stereocenters. The van der Waals surface area contributed by atoms with Crippen molar-refractivity contribution in [1.29, 1.82) is 0 Å². The van der Waals surface area contributed by atoms with Crippen molar-refractivity contribution in [3.05, 3.63) is 29.3 Å². The van der Waals surface area contributed by atoms with Gasteiger partial charge in [0.15, 0.2) is 5.82 Å². The maximum atomic E-state index is 11.5. The van der Waals surface area contributed by atoms with Gasteiger partial charge >= 0.3 is 5.97 Å². The van der Waals surface area contributed by atoms with Gasteiger partial charge in [-0.15, -0.1) is 10.2 Å². The molecule has 0 radical (unpaired) electrons. The summed E-state index contributed by atoms with van der Waals surface area (Å²) in [6.07, 6.45) is 0.656. The summed E-state index contributed by atoms with van der Waals surface area (Å²) < 4.78 is 6.27. The fourth-order valence-corrected chi connectivity index (χ4v) is 3.00. The van der Waals surface area contributed by atoms with Crippen molar-refractivity contribution in [1.82, 2.24) is 14.9 Å². The molecule has 1 aromatic heterocycles. The van der Waals surface area contributed by atoms with Crippen LogP contribution in [-0.2, 0) is 9.53 Å². The van der Waals surface area contributed by atoms with Crippen LogP contribution in [0.5, 0.6) is 0 Å². The molecule has 1 aromatic carbocycles. The lowest BCUT2D eigenvalue weighted by Crippen LogP contribution is -2.15. The fraction of sp³-hybridized carbons (Fsp3) is 0.250. The lowest BCUT2D eigenvalue weighted by molar-refractivity contribution is -0.137. The average molecular weight is 311 g/mol. The van der Waals surface area contributed by atoms with Gasteiger partial charge in [0.05, 0.1) is 6.61 Å². The Labute approximate surface area is 124 Å². The Kier molecular flexibility index (Phi) is 3.54. The first-order chi connectivity index (χ1) is 9.65. The van der Waals surface area contributed by atoms with E-state index in [1.54, 1.807) is 12.1 Å². The van der Waals surface area contributed by atoms with Crippen LogP contribution < -0.4 is 5.84 Å². The highest BCUT2D eigenvalue weighted by Crippen LogP contribution is 2.30. The van der Waals surface area contributed by atoms with Gasteiger partial charge in [0.1, 0.15) is 5.25 Å². The van der Waals surface area contributed by atoms with Crippen LogP contribution in [0.15, 0.2) is 29.4 Å². The first-order valence-corrected chi connectivity index (χ1v) is 7.20. The molecule has 1 aliphatic rings. The lowest BCUT2D eigenvalue weighted by atomic mass is 10.2. The largest absolute Gasteiger partial charge is 0.465 e. The first-order valence-electron chi connectivity index (χ1n) is 5.95. The van der Waals surface area contributed by atoms with Crippen molar-refractivity contribution in [2.24, 2.45) is 0 Å². The summed E-state index contributed by atoms with van der Waals surface area (Å²) >= 11 is 7.21. The Hall–Kier alpha value is -1.73. The Morgan fingerprint density at radius 3 is 3.00 bits per heavy atom. The number of aromatic nitrogens is 3. The third kappa shape index (κ3) is 2.46. The van der Waals surface area contributed by atoms with E-state index in [1.807, 2.05) is 12.1 Å². The number of hydrogen-bond acceptors (Lipinski definition) is 6. The quantitative estimate of drug-likeness (QED) is 0.686. The molecule has 20 heavy (non-hydrogen) atoms. The number of hydrogen-bond donors (Lipinski definition) is 1. The van der Waals surface area contributed by atoms with Crippen molar-refractivity contribution in [3.63, 3.8) is 0 Å². The Bertz CT molecular complexity index is 661. The molecule has 3 rings (SSSR count). The Morgan fingerprint density at radius 1 is 1.45 bits per heavy atom. The molecule has 0 spiro atoms. The second kappa shape index (κ2) is 5.34. The summed E-state index contributed by atoms with van der Waals surface area (Å²) in [5.74, 6) is 6.25. The van der Waals surface area contributed by atoms with E-state index in [4.69, 9.17) is 22.2 Å². The molecule has 2 aromatic rings. The summed E-state index contributed by atoms with van der Waals surface area (Å²) in [6, 6.07) is 7.19. The first kappa shape index (κ1) is 13.3. The molecule has 0 saturated carbocycles. The van der Waals surface area contributed by atoms with Crippen molar-refractivity contribution in [3.8, 4) is 11.4 Å². The predicted octanol–water partition coefficient (Wildman–Crippen LogP) is 1.72. The van der Waals surface area contributed by atoms with Crippen LogP contribution in [0.2, 0.25) is 5.02 Å². The van der Waals surface area contributed by atoms with Gasteiger partial charge in [0.25, 0.3) is 0 Å². The van der Waals surface area contributed by atoms with E-state index in [0.717, 1.165) is 5.56 Å². The summed E-state index contributed by atoms with van der Waals surface area (Å²) in [5, 5.41) is 8.87. The number of nitrogens with zero attached hydrogens (tertiary/aromatic N) is 3. The molecule has 0 aliphatic carbocycles. The van der Waals surface area contributed by atoms with Gasteiger partial charge in [-0.3, -0.25) is 4.79 Å². The maximum absolute atomic E-state index is 11.5. The van der Waals surface area contributed by atoms with E-state index in [1.165, 1.54) is 16.4 Å². The van der Waals surface area contributed by atoms with Crippen molar-refractivity contribution < 1.29 is 9.53 Å². The highest BCUT2D eigenvalue weighted by molar-refractivity contribution is 8.00. The normalized spacial score (nSPS) is 18.2. The lowest BCUT2D eigenvalue weighted by Gasteiger charge is -2.06. The molecule has 1 fully saturated rings. The van der Waals surface area contributed by atoms with Crippen LogP contribution in [0, 0.1) is 0 Å². The number of nitrogens with two attached hydrogens (primary N) is 1. The number of cyclic esters (lactones) is 1. The molecule has 1 saturated heterocycles. The summed E-state index contributed by atoms with van der Waals surface area (Å²) in [4.78, 5) is 11.5. The van der Waals surface area contributed by atoms with E-state index in [-0.39, 0.29) is 11.2 Å². The molecule has 2 N–H and O–H groups in total. The van der Waals surface area contributed by atoms with E-state index >= 15 is 0 Å². The van der Waals surface area contributed by atoms with Crippen LogP contribution in [0.3, 0.4) is 0 Å². The van der Waals surface area contributed by atoms with Crippen LogP contribution >= 0.6 is 23.4 Å². The minimum absolute atomic E-state index is 0.234. The fourth-order valence-electron chi connectivity index (χ4n) is 1.89. The van der Waals surface area contributed by atoms with Gasteiger partial charge in [-0.25, -0.2) is 4.68 Å². The number of carbonyl (C=O) groups excluding carboxylic acids is 1.